The molecule has 1 unspecified atom stereocenters. The molecule has 4 nitrogen and oxygen atoms in total. The molecule has 78 valence electrons. The molecule has 2 N–H and O–H groups in total. The van der Waals surface area contributed by atoms with Crippen LogP contribution in [0.2, 0.25) is 5.02 Å². The van der Waals surface area contributed by atoms with Gasteiger partial charge in [-0.2, -0.15) is 0 Å². The van der Waals surface area contributed by atoms with Gasteiger partial charge in [-0.3, -0.25) is 0 Å². The first-order valence-corrected chi connectivity index (χ1v) is 5.80. The fourth-order valence-electron chi connectivity index (χ4n) is 0.992. The van der Waals surface area contributed by atoms with Crippen LogP contribution in [0.15, 0.2) is 24.3 Å². The van der Waals surface area contributed by atoms with E-state index in [1.54, 1.807) is 24.3 Å². The first-order valence-electron chi connectivity index (χ1n) is 3.87. The Morgan fingerprint density at radius 3 is 2.29 bits per heavy atom. The van der Waals surface area contributed by atoms with Gasteiger partial charge in [0.2, 0.25) is 10.0 Å². The topological polar surface area (TPSA) is 66.4 Å². The number of hydrogen-bond donors (Lipinski definition) is 2. The molecule has 0 aliphatic rings. The van der Waals surface area contributed by atoms with Gasteiger partial charge in [0, 0.05) is 5.02 Å². The predicted molar refractivity (Wildman–Crippen MR) is 53.7 cm³/mol. The highest BCUT2D eigenvalue weighted by Crippen LogP contribution is 2.21. The Morgan fingerprint density at radius 1 is 1.36 bits per heavy atom. The Morgan fingerprint density at radius 2 is 1.86 bits per heavy atom. The van der Waals surface area contributed by atoms with Crippen LogP contribution in [0, 0.1) is 0 Å². The van der Waals surface area contributed by atoms with Gasteiger partial charge in [0.1, 0.15) is 0 Å². The molecule has 0 radical (unpaired) electrons. The average molecular weight is 236 g/mol. The lowest BCUT2D eigenvalue weighted by atomic mass is 10.2. The fraction of sp³-hybridized carbons (Fsp3) is 0.250. The molecule has 0 saturated carbocycles. The maximum atomic E-state index is 11.2. The van der Waals surface area contributed by atoms with Gasteiger partial charge in [-0.05, 0) is 24.6 Å². The molecular formula is C8H10ClNO3S. The highest BCUT2D eigenvalue weighted by atomic mass is 35.5. The minimum absolute atomic E-state index is 0.537. The number of halogens is 1. The van der Waals surface area contributed by atoms with E-state index in [9.17, 15) is 8.42 Å². The van der Waals surface area contributed by atoms with Crippen LogP contribution in [0.5, 0.6) is 0 Å². The number of rotatable bonds is 3. The Hall–Kier alpha value is -0.620. The maximum Gasteiger partial charge on any atom is 0.240 e. The maximum absolute atomic E-state index is 11.2. The van der Waals surface area contributed by atoms with Crippen molar-refractivity contribution in [3.63, 3.8) is 0 Å². The van der Waals surface area contributed by atoms with Crippen molar-refractivity contribution in [2.75, 3.05) is 0 Å². The van der Waals surface area contributed by atoms with Gasteiger partial charge in [0.05, 0.1) is 5.25 Å². The summed E-state index contributed by atoms with van der Waals surface area (Å²) in [6.45, 7) is 1.47. The molecule has 6 heteroatoms. The molecule has 0 aromatic heterocycles. The number of hydrogen-bond acceptors (Lipinski definition) is 3. The van der Waals surface area contributed by atoms with Crippen LogP contribution in [0.4, 0.5) is 0 Å². The third kappa shape index (κ3) is 2.45. The predicted octanol–water partition coefficient (Wildman–Crippen LogP) is 1.71. The van der Waals surface area contributed by atoms with E-state index >= 15 is 0 Å². The molecule has 0 spiro atoms. The second-order valence-corrected chi connectivity index (χ2v) is 5.25. The summed E-state index contributed by atoms with van der Waals surface area (Å²) in [5, 5.41) is 8.14. The summed E-state index contributed by atoms with van der Waals surface area (Å²) < 4.78 is 22.4. The molecular weight excluding hydrogens is 226 g/mol. The summed E-state index contributed by atoms with van der Waals surface area (Å²) in [5.74, 6) is 0. The van der Waals surface area contributed by atoms with Crippen LogP contribution in [-0.2, 0) is 10.0 Å². The highest BCUT2D eigenvalue weighted by molar-refractivity contribution is 7.89. The molecule has 1 aromatic carbocycles. The molecule has 14 heavy (non-hydrogen) atoms. The average Bonchev–Trinajstić information content (AvgIpc) is 2.18. The van der Waals surface area contributed by atoms with Crippen LogP contribution in [-0.4, -0.2) is 13.6 Å². The van der Waals surface area contributed by atoms with Crippen molar-refractivity contribution in [2.45, 2.75) is 12.2 Å². The highest BCUT2D eigenvalue weighted by Gasteiger charge is 2.21. The van der Waals surface area contributed by atoms with Crippen molar-refractivity contribution < 1.29 is 13.6 Å². The van der Waals surface area contributed by atoms with E-state index in [0.29, 0.717) is 10.6 Å². The lowest BCUT2D eigenvalue weighted by Crippen LogP contribution is -2.24. The molecule has 0 aliphatic carbocycles. The first-order chi connectivity index (χ1) is 6.47. The Balaban J connectivity index is 3.01. The molecule has 0 amide bonds. The second-order valence-electron chi connectivity index (χ2n) is 2.83. The van der Waals surface area contributed by atoms with Crippen LogP contribution >= 0.6 is 11.6 Å². The van der Waals surface area contributed by atoms with E-state index in [4.69, 9.17) is 16.8 Å². The van der Waals surface area contributed by atoms with E-state index in [1.165, 1.54) is 11.8 Å². The monoisotopic (exact) mass is 235 g/mol. The van der Waals surface area contributed by atoms with Gasteiger partial charge in [0.15, 0.2) is 0 Å². The standard InChI is InChI=1S/C8H10ClNO3S/c1-6(14(12,13)10-11)7-2-4-8(9)5-3-7/h2-6,10-11H,1H3. The molecule has 0 bridgehead atoms. The zero-order valence-corrected chi connectivity index (χ0v) is 9.01. The SMILES string of the molecule is CC(c1ccc(Cl)cc1)S(=O)(=O)NO. The van der Waals surface area contributed by atoms with Crippen LogP contribution in [0.3, 0.4) is 0 Å². The largest absolute Gasteiger partial charge is 0.302 e. The van der Waals surface area contributed by atoms with E-state index in [2.05, 4.69) is 0 Å². The Labute approximate surface area is 87.5 Å². The van der Waals surface area contributed by atoms with Crippen molar-refractivity contribution >= 4 is 21.6 Å². The summed E-state index contributed by atoms with van der Waals surface area (Å²) in [6, 6.07) is 6.39. The molecule has 0 heterocycles. The lowest BCUT2D eigenvalue weighted by Gasteiger charge is -2.10. The number of nitrogens with one attached hydrogen (secondary N) is 1. The van der Waals surface area contributed by atoms with Crippen molar-refractivity contribution in [1.82, 2.24) is 4.89 Å². The Kier molecular flexibility index (Phi) is 3.49. The zero-order valence-electron chi connectivity index (χ0n) is 7.44. The van der Waals surface area contributed by atoms with E-state index in [1.807, 2.05) is 0 Å². The van der Waals surface area contributed by atoms with Crippen LogP contribution in [0.25, 0.3) is 0 Å². The van der Waals surface area contributed by atoms with Gasteiger partial charge >= 0.3 is 0 Å². The van der Waals surface area contributed by atoms with Crippen molar-refractivity contribution in [1.29, 1.82) is 0 Å². The van der Waals surface area contributed by atoms with E-state index in [-0.39, 0.29) is 0 Å². The van der Waals surface area contributed by atoms with Gasteiger partial charge in [-0.1, -0.05) is 28.6 Å². The third-order valence-electron chi connectivity index (χ3n) is 1.93. The lowest BCUT2D eigenvalue weighted by molar-refractivity contribution is 0.241. The molecule has 0 fully saturated rings. The summed E-state index contributed by atoms with van der Waals surface area (Å²) in [5.41, 5.74) is 0.566. The second kappa shape index (κ2) is 4.27. The summed E-state index contributed by atoms with van der Waals surface area (Å²) in [7, 11) is -3.70. The normalized spacial score (nSPS) is 13.9. The Bertz CT molecular complexity index is 401. The summed E-state index contributed by atoms with van der Waals surface area (Å²) >= 11 is 5.65. The van der Waals surface area contributed by atoms with Crippen molar-refractivity contribution in [2.24, 2.45) is 0 Å². The van der Waals surface area contributed by atoms with Crippen LogP contribution < -0.4 is 4.89 Å². The molecule has 1 rings (SSSR count). The van der Waals surface area contributed by atoms with Gasteiger partial charge < -0.3 is 5.21 Å². The van der Waals surface area contributed by atoms with Gasteiger partial charge in [-0.25, -0.2) is 8.42 Å². The molecule has 0 aliphatic heterocycles. The number of benzene rings is 1. The fourth-order valence-corrected chi connectivity index (χ4v) is 1.79. The molecule has 1 atom stereocenters. The first kappa shape index (κ1) is 11.5. The van der Waals surface area contributed by atoms with Gasteiger partial charge in [-0.15, -0.1) is 0 Å². The molecule has 0 saturated heterocycles. The summed E-state index contributed by atoms with van der Waals surface area (Å²) in [4.78, 5) is 1.29. The quantitative estimate of drug-likeness (QED) is 0.784. The molecule has 1 aromatic rings. The smallest absolute Gasteiger partial charge is 0.240 e. The van der Waals surface area contributed by atoms with Crippen LogP contribution in [0.1, 0.15) is 17.7 Å². The van der Waals surface area contributed by atoms with E-state index in [0.717, 1.165) is 0 Å². The minimum atomic E-state index is -3.70. The third-order valence-corrected chi connectivity index (χ3v) is 3.64. The zero-order chi connectivity index (χ0) is 10.8. The number of sulfonamides is 1. The van der Waals surface area contributed by atoms with E-state index < -0.39 is 15.3 Å². The van der Waals surface area contributed by atoms with Crippen molar-refractivity contribution in [3.8, 4) is 0 Å². The minimum Gasteiger partial charge on any atom is -0.302 e. The van der Waals surface area contributed by atoms with Crippen molar-refractivity contribution in [3.05, 3.63) is 34.9 Å². The van der Waals surface area contributed by atoms with Gasteiger partial charge in [0.25, 0.3) is 0 Å². The summed E-state index contributed by atoms with van der Waals surface area (Å²) in [6.07, 6.45) is 0.